The molecule has 0 spiro atoms. The molecule has 3 aliphatic rings. The van der Waals surface area contributed by atoms with Crippen LogP contribution in [-0.2, 0) is 17.2 Å². The van der Waals surface area contributed by atoms with Crippen LogP contribution in [-0.4, -0.2) is 53.1 Å². The first-order chi connectivity index (χ1) is 19.2. The fraction of sp³-hybridized carbons (Fsp3) is 0.433. The number of hydrogen-bond donors (Lipinski definition) is 2. The number of likely N-dealkylation sites (tertiary alicyclic amines) is 1. The Morgan fingerprint density at radius 1 is 1.07 bits per heavy atom. The summed E-state index contributed by atoms with van der Waals surface area (Å²) in [5, 5.41) is 2.20. The number of ether oxygens (including phenoxy) is 1. The van der Waals surface area contributed by atoms with Crippen molar-refractivity contribution in [2.24, 2.45) is 0 Å². The summed E-state index contributed by atoms with van der Waals surface area (Å²) in [5.41, 5.74) is 8.76. The Morgan fingerprint density at radius 3 is 2.58 bits per heavy atom. The Balaban J connectivity index is 1.42. The van der Waals surface area contributed by atoms with Gasteiger partial charge in [0.05, 0.1) is 6.54 Å². The third-order valence-corrected chi connectivity index (χ3v) is 8.42. The third-order valence-electron chi connectivity index (χ3n) is 8.42. The summed E-state index contributed by atoms with van der Waals surface area (Å²) in [4.78, 5) is 23.0. The minimum absolute atomic E-state index is 0.000622. The standard InChI is InChI=1S/C30H32F3N5O2/c1-17-3-2-10-38(17)15-21-13-19(4-6-22(21)18-8-11-40-12-9-18)25-27(31)37-28(34)26(36-25)20-5-7-23-24(14-20)30(32,33)16-35-29(23)39/h4-7,13-14,17-18H,2-3,8-12,15-16H2,1H3,(H2,34,37)(H,35,39)/t17-/m0/s1. The van der Waals surface area contributed by atoms with E-state index in [0.29, 0.717) is 17.5 Å². The highest BCUT2D eigenvalue weighted by molar-refractivity contribution is 5.98. The van der Waals surface area contributed by atoms with Crippen LogP contribution in [0, 0.1) is 5.95 Å². The molecular weight excluding hydrogens is 519 g/mol. The molecule has 1 amide bonds. The molecule has 2 fully saturated rings. The molecular formula is C30H32F3N5O2. The maximum atomic E-state index is 15.3. The Labute approximate surface area is 230 Å². The number of aromatic nitrogens is 2. The number of carbonyl (C=O) groups is 1. The van der Waals surface area contributed by atoms with Gasteiger partial charge in [-0.3, -0.25) is 9.69 Å². The van der Waals surface area contributed by atoms with Gasteiger partial charge in [0, 0.05) is 48.1 Å². The Kier molecular flexibility index (Phi) is 7.00. The molecule has 3 N–H and O–H groups in total. The molecule has 3 aromatic rings. The Bertz CT molecular complexity index is 1460. The number of alkyl halides is 2. The number of amides is 1. The predicted octanol–water partition coefficient (Wildman–Crippen LogP) is 5.25. The third kappa shape index (κ3) is 4.94. The summed E-state index contributed by atoms with van der Waals surface area (Å²) in [6, 6.07) is 10.3. The Morgan fingerprint density at radius 2 is 1.82 bits per heavy atom. The summed E-state index contributed by atoms with van der Waals surface area (Å²) in [7, 11) is 0. The lowest BCUT2D eigenvalue weighted by molar-refractivity contribution is -0.00833. The van der Waals surface area contributed by atoms with Gasteiger partial charge in [0.2, 0.25) is 5.95 Å². The van der Waals surface area contributed by atoms with E-state index in [4.69, 9.17) is 10.5 Å². The zero-order valence-electron chi connectivity index (χ0n) is 22.4. The molecule has 4 heterocycles. The lowest BCUT2D eigenvalue weighted by Crippen LogP contribution is -2.41. The van der Waals surface area contributed by atoms with Gasteiger partial charge in [0.1, 0.15) is 11.4 Å². The first-order valence-electron chi connectivity index (χ1n) is 13.8. The Hall–Kier alpha value is -3.50. The van der Waals surface area contributed by atoms with Crippen molar-refractivity contribution < 1.29 is 22.7 Å². The van der Waals surface area contributed by atoms with Crippen LogP contribution >= 0.6 is 0 Å². The number of rotatable bonds is 5. The molecule has 0 aliphatic carbocycles. The average molecular weight is 552 g/mol. The van der Waals surface area contributed by atoms with Crippen molar-refractivity contribution >= 4 is 11.7 Å². The number of hydrogen-bond acceptors (Lipinski definition) is 6. The second-order valence-electron chi connectivity index (χ2n) is 11.0. The molecule has 3 aliphatic heterocycles. The van der Waals surface area contributed by atoms with Crippen LogP contribution in [0.4, 0.5) is 19.0 Å². The fourth-order valence-corrected chi connectivity index (χ4v) is 6.14. The van der Waals surface area contributed by atoms with Crippen molar-refractivity contribution in [1.82, 2.24) is 20.2 Å². The van der Waals surface area contributed by atoms with Gasteiger partial charge in [-0.2, -0.15) is 18.2 Å². The van der Waals surface area contributed by atoms with Crippen molar-refractivity contribution in [2.75, 3.05) is 32.0 Å². The van der Waals surface area contributed by atoms with Gasteiger partial charge in [0.15, 0.2) is 5.82 Å². The molecule has 10 heteroatoms. The molecule has 1 aromatic heterocycles. The van der Waals surface area contributed by atoms with E-state index in [1.165, 1.54) is 23.8 Å². The lowest BCUT2D eigenvalue weighted by atomic mass is 9.86. The van der Waals surface area contributed by atoms with E-state index in [9.17, 15) is 13.6 Å². The van der Waals surface area contributed by atoms with Crippen LogP contribution < -0.4 is 11.1 Å². The highest BCUT2D eigenvalue weighted by Crippen LogP contribution is 2.38. The van der Waals surface area contributed by atoms with E-state index in [0.717, 1.165) is 57.6 Å². The van der Waals surface area contributed by atoms with Gasteiger partial charge < -0.3 is 15.8 Å². The topological polar surface area (TPSA) is 93.4 Å². The molecule has 0 unspecified atom stereocenters. The normalized spacial score (nSPS) is 21.3. The molecule has 0 bridgehead atoms. The highest BCUT2D eigenvalue weighted by Gasteiger charge is 2.40. The number of anilines is 1. The largest absolute Gasteiger partial charge is 0.382 e. The number of nitrogen functional groups attached to an aromatic ring is 1. The number of nitrogens with zero attached hydrogens (tertiary/aromatic N) is 3. The second-order valence-corrected chi connectivity index (χ2v) is 11.0. The molecule has 1 atom stereocenters. The van der Waals surface area contributed by atoms with E-state index in [-0.39, 0.29) is 28.3 Å². The van der Waals surface area contributed by atoms with Crippen LogP contribution in [0.1, 0.15) is 65.6 Å². The summed E-state index contributed by atoms with van der Waals surface area (Å²) >= 11 is 0. The van der Waals surface area contributed by atoms with Crippen LogP contribution in [0.25, 0.3) is 22.5 Å². The molecule has 40 heavy (non-hydrogen) atoms. The number of benzene rings is 2. The number of nitrogens with one attached hydrogen (secondary N) is 1. The minimum atomic E-state index is -3.26. The van der Waals surface area contributed by atoms with Crippen molar-refractivity contribution in [3.05, 3.63) is 64.6 Å². The summed E-state index contributed by atoms with van der Waals surface area (Å²) in [6.07, 6.45) is 4.16. The molecule has 2 saturated heterocycles. The van der Waals surface area contributed by atoms with Crippen molar-refractivity contribution in [3.8, 4) is 22.5 Å². The van der Waals surface area contributed by atoms with E-state index in [1.54, 1.807) is 0 Å². The van der Waals surface area contributed by atoms with Crippen LogP contribution in [0.5, 0.6) is 0 Å². The summed E-state index contributed by atoms with van der Waals surface area (Å²) in [5.74, 6) is -4.51. The maximum Gasteiger partial charge on any atom is 0.290 e. The molecule has 0 radical (unpaired) electrons. The number of carbonyl (C=O) groups excluding carboxylic acids is 1. The van der Waals surface area contributed by atoms with E-state index in [2.05, 4.69) is 33.2 Å². The zero-order valence-corrected chi connectivity index (χ0v) is 22.4. The average Bonchev–Trinajstić information content (AvgIpc) is 3.35. The molecule has 6 rings (SSSR count). The van der Waals surface area contributed by atoms with Crippen molar-refractivity contribution in [1.29, 1.82) is 0 Å². The van der Waals surface area contributed by atoms with Gasteiger partial charge >= 0.3 is 0 Å². The molecule has 0 saturated carbocycles. The minimum Gasteiger partial charge on any atom is -0.382 e. The second kappa shape index (κ2) is 10.5. The van der Waals surface area contributed by atoms with Crippen LogP contribution in [0.15, 0.2) is 36.4 Å². The van der Waals surface area contributed by atoms with E-state index < -0.39 is 29.9 Å². The quantitative estimate of drug-likeness (QED) is 0.450. The number of halogens is 3. The van der Waals surface area contributed by atoms with Gasteiger partial charge in [-0.1, -0.05) is 18.2 Å². The lowest BCUT2D eigenvalue weighted by Gasteiger charge is -2.28. The SMILES string of the molecule is C[C@H]1CCCN1Cc1cc(-c2nc(-c3ccc4c(c3)C(F)(F)CNC4=O)c(N)nc2F)ccc1C1CCOCC1. The number of nitrogens with two attached hydrogens (primary N) is 1. The molecule has 2 aromatic carbocycles. The smallest absolute Gasteiger partial charge is 0.290 e. The maximum absolute atomic E-state index is 15.3. The number of fused-ring (bicyclic) bond motifs is 1. The zero-order chi connectivity index (χ0) is 28.0. The summed E-state index contributed by atoms with van der Waals surface area (Å²) < 4.78 is 50.2. The van der Waals surface area contributed by atoms with Gasteiger partial charge in [-0.15, -0.1) is 0 Å². The van der Waals surface area contributed by atoms with Gasteiger partial charge in [0.25, 0.3) is 11.8 Å². The first kappa shape index (κ1) is 26.7. The highest BCUT2D eigenvalue weighted by atomic mass is 19.3. The van der Waals surface area contributed by atoms with Gasteiger partial charge in [-0.25, -0.2) is 4.98 Å². The predicted molar refractivity (Wildman–Crippen MR) is 145 cm³/mol. The van der Waals surface area contributed by atoms with Gasteiger partial charge in [-0.05, 0) is 74.4 Å². The van der Waals surface area contributed by atoms with E-state index in [1.807, 2.05) is 12.1 Å². The van der Waals surface area contributed by atoms with Crippen LogP contribution in [0.3, 0.4) is 0 Å². The van der Waals surface area contributed by atoms with Crippen LogP contribution in [0.2, 0.25) is 0 Å². The van der Waals surface area contributed by atoms with E-state index >= 15 is 4.39 Å². The van der Waals surface area contributed by atoms with Crippen molar-refractivity contribution in [3.63, 3.8) is 0 Å². The molecule has 7 nitrogen and oxygen atoms in total. The summed E-state index contributed by atoms with van der Waals surface area (Å²) in [6.45, 7) is 4.63. The first-order valence-corrected chi connectivity index (χ1v) is 13.8. The molecule has 210 valence electrons. The van der Waals surface area contributed by atoms with Crippen molar-refractivity contribution in [2.45, 2.75) is 57.0 Å². The monoisotopic (exact) mass is 551 g/mol. The fourth-order valence-electron chi connectivity index (χ4n) is 6.14.